The van der Waals surface area contributed by atoms with Crippen LogP contribution in [0.25, 0.3) is 0 Å². The fourth-order valence-electron chi connectivity index (χ4n) is 4.03. The molecule has 0 amide bonds. The highest BCUT2D eigenvalue weighted by molar-refractivity contribution is 7.92. The van der Waals surface area contributed by atoms with Crippen molar-refractivity contribution in [1.29, 1.82) is 0 Å². The Morgan fingerprint density at radius 1 is 0.865 bits per heavy atom. The van der Waals surface area contributed by atoms with E-state index in [4.69, 9.17) is 11.6 Å². The van der Waals surface area contributed by atoms with Gasteiger partial charge in [0.05, 0.1) is 22.4 Å². The van der Waals surface area contributed by atoms with Crippen molar-refractivity contribution < 1.29 is 30.0 Å². The summed E-state index contributed by atoms with van der Waals surface area (Å²) < 4.78 is 95.2. The van der Waals surface area contributed by atoms with Gasteiger partial charge in [-0.1, -0.05) is 24.6 Å². The van der Waals surface area contributed by atoms with Gasteiger partial charge in [-0.3, -0.25) is 4.31 Å². The first kappa shape index (κ1) is 29.0. The number of anilines is 1. The van der Waals surface area contributed by atoms with Crippen LogP contribution in [0.1, 0.15) is 43.9 Å². The summed E-state index contributed by atoms with van der Waals surface area (Å²) >= 11 is 5.91. The molecule has 0 saturated carbocycles. The summed E-state index contributed by atoms with van der Waals surface area (Å²) in [5, 5.41) is 0.293. The number of sulfone groups is 1. The summed E-state index contributed by atoms with van der Waals surface area (Å²) in [6.07, 6.45) is 1.00. The molecule has 200 valence electrons. The Morgan fingerprint density at radius 3 is 2.14 bits per heavy atom. The Hall–Kier alpha value is -2.56. The topological polar surface area (TPSA) is 71.5 Å². The van der Waals surface area contributed by atoms with Crippen molar-refractivity contribution in [1.82, 2.24) is 0 Å². The fraction of sp³-hybridized carbons (Fsp3) is 0.308. The maximum Gasteiger partial charge on any atom is 0.264 e. The molecule has 0 fully saturated rings. The number of nitrogens with zero attached hydrogens (tertiary/aromatic N) is 1. The first-order valence-corrected chi connectivity index (χ1v) is 15.2. The van der Waals surface area contributed by atoms with Crippen LogP contribution in [0.2, 0.25) is 5.02 Å². The van der Waals surface area contributed by atoms with Crippen LogP contribution in [0.5, 0.6) is 0 Å². The lowest BCUT2D eigenvalue weighted by Crippen LogP contribution is -2.35. The lowest BCUT2D eigenvalue weighted by Gasteiger charge is -2.32. The number of halogens is 4. The van der Waals surface area contributed by atoms with Crippen molar-refractivity contribution in [3.8, 4) is 0 Å². The molecule has 0 saturated heterocycles. The van der Waals surface area contributed by atoms with E-state index in [1.807, 2.05) is 0 Å². The second-order valence-corrected chi connectivity index (χ2v) is 13.3. The van der Waals surface area contributed by atoms with Gasteiger partial charge in [-0.15, -0.1) is 0 Å². The van der Waals surface area contributed by atoms with Gasteiger partial charge in [-0.2, -0.15) is 0 Å². The summed E-state index contributed by atoms with van der Waals surface area (Å²) in [6.45, 7) is 3.05. The van der Waals surface area contributed by atoms with E-state index in [-0.39, 0.29) is 22.8 Å². The second kappa shape index (κ2) is 11.9. The monoisotopic (exact) mass is 573 g/mol. The van der Waals surface area contributed by atoms with Crippen LogP contribution >= 0.6 is 11.6 Å². The van der Waals surface area contributed by atoms with Crippen LogP contribution in [0.3, 0.4) is 0 Å². The number of hydrogen-bond acceptors (Lipinski definition) is 4. The van der Waals surface area contributed by atoms with Gasteiger partial charge < -0.3 is 0 Å². The Balaban J connectivity index is 2.07. The Kier molecular flexibility index (Phi) is 9.31. The quantitative estimate of drug-likeness (QED) is 0.246. The maximum absolute atomic E-state index is 15.0. The minimum absolute atomic E-state index is 0.0186. The molecule has 0 bridgehead atoms. The van der Waals surface area contributed by atoms with E-state index in [2.05, 4.69) is 0 Å². The van der Waals surface area contributed by atoms with Crippen molar-refractivity contribution in [2.45, 2.75) is 44.0 Å². The van der Waals surface area contributed by atoms with Gasteiger partial charge in [0.15, 0.2) is 0 Å². The summed E-state index contributed by atoms with van der Waals surface area (Å²) in [7, 11) is -7.61. The average Bonchev–Trinajstić information content (AvgIpc) is 2.84. The van der Waals surface area contributed by atoms with Crippen molar-refractivity contribution >= 4 is 37.1 Å². The van der Waals surface area contributed by atoms with Gasteiger partial charge in [-0.05, 0) is 85.8 Å². The molecular weight excluding hydrogens is 547 g/mol. The highest BCUT2D eigenvalue weighted by Gasteiger charge is 2.33. The maximum atomic E-state index is 15.0. The smallest absolute Gasteiger partial charge is 0.256 e. The zero-order valence-corrected chi connectivity index (χ0v) is 22.7. The predicted octanol–water partition coefficient (Wildman–Crippen LogP) is 6.47. The molecule has 3 aromatic carbocycles. The third-order valence-electron chi connectivity index (χ3n) is 6.01. The van der Waals surface area contributed by atoms with Crippen molar-refractivity contribution in [2.75, 3.05) is 15.8 Å². The van der Waals surface area contributed by atoms with E-state index in [0.717, 1.165) is 28.6 Å². The molecule has 3 aromatic rings. The third kappa shape index (κ3) is 7.06. The number of aryl methyl sites for hydroxylation is 1. The normalized spacial score (nSPS) is 12.9. The van der Waals surface area contributed by atoms with E-state index in [1.165, 1.54) is 43.3 Å². The molecule has 0 spiro atoms. The number of hydrogen-bond donors (Lipinski definition) is 0. The summed E-state index contributed by atoms with van der Waals surface area (Å²) in [4.78, 5) is -0.194. The predicted molar refractivity (Wildman–Crippen MR) is 140 cm³/mol. The van der Waals surface area contributed by atoms with E-state index >= 15 is 0 Å². The largest absolute Gasteiger partial charge is 0.264 e. The van der Waals surface area contributed by atoms with Crippen molar-refractivity contribution in [2.24, 2.45) is 0 Å². The molecule has 0 aliphatic carbocycles. The molecule has 0 heterocycles. The molecule has 3 rings (SSSR count). The van der Waals surface area contributed by atoms with Gasteiger partial charge in [-0.25, -0.2) is 30.0 Å². The lowest BCUT2D eigenvalue weighted by atomic mass is 9.97. The Bertz CT molecular complexity index is 1460. The SMILES string of the molecule is CCS(=O)(=O)CCCCc1cc(F)ccc1[C@@H](C)N(c1cc(F)ccc1F)S(=O)(=O)c1ccc(Cl)cc1. The van der Waals surface area contributed by atoms with Crippen LogP contribution in [0.15, 0.2) is 65.6 Å². The minimum atomic E-state index is -4.44. The summed E-state index contributed by atoms with van der Waals surface area (Å²) in [6, 6.07) is 10.5. The van der Waals surface area contributed by atoms with Crippen LogP contribution in [-0.2, 0) is 26.3 Å². The number of sulfonamides is 1. The molecule has 0 unspecified atom stereocenters. The van der Waals surface area contributed by atoms with Crippen molar-refractivity contribution in [3.63, 3.8) is 0 Å². The standard InChI is InChI=1S/C26H27ClF3NO4S2/c1-3-36(32,33)15-5-4-6-19-16-21(28)9-13-24(19)18(2)31(26-17-22(29)10-14-25(26)30)37(34,35)23-11-7-20(27)8-12-23/h7-14,16-18H,3-6,15H2,1-2H3/t18-/m1/s1. The van der Waals surface area contributed by atoms with Crippen LogP contribution in [0, 0.1) is 17.5 Å². The van der Waals surface area contributed by atoms with Gasteiger partial charge >= 0.3 is 0 Å². The number of benzene rings is 3. The minimum Gasteiger partial charge on any atom is -0.256 e. The highest BCUT2D eigenvalue weighted by Crippen LogP contribution is 2.37. The summed E-state index contributed by atoms with van der Waals surface area (Å²) in [5.41, 5.74) is 0.308. The fourth-order valence-corrected chi connectivity index (χ4v) is 6.72. The molecular formula is C26H27ClF3NO4S2. The molecule has 0 aliphatic heterocycles. The first-order valence-electron chi connectivity index (χ1n) is 11.6. The van der Waals surface area contributed by atoms with Gasteiger partial charge in [0, 0.05) is 16.8 Å². The van der Waals surface area contributed by atoms with E-state index in [9.17, 15) is 30.0 Å². The highest BCUT2D eigenvalue weighted by atomic mass is 35.5. The molecule has 0 aliphatic rings. The zero-order valence-electron chi connectivity index (χ0n) is 20.3. The second-order valence-electron chi connectivity index (χ2n) is 8.56. The van der Waals surface area contributed by atoms with Crippen LogP contribution in [0.4, 0.5) is 18.9 Å². The zero-order chi connectivity index (χ0) is 27.4. The molecule has 1 atom stereocenters. The van der Waals surface area contributed by atoms with E-state index in [1.54, 1.807) is 6.92 Å². The molecule has 11 heteroatoms. The molecule has 0 aromatic heterocycles. The van der Waals surface area contributed by atoms with Crippen LogP contribution in [-0.4, -0.2) is 28.3 Å². The average molecular weight is 574 g/mol. The lowest BCUT2D eigenvalue weighted by molar-refractivity contribution is 0.568. The van der Waals surface area contributed by atoms with E-state index < -0.39 is 49.0 Å². The molecule has 0 radical (unpaired) electrons. The van der Waals surface area contributed by atoms with Gasteiger partial charge in [0.25, 0.3) is 10.0 Å². The van der Waals surface area contributed by atoms with Crippen molar-refractivity contribution in [3.05, 3.63) is 94.3 Å². The molecule has 37 heavy (non-hydrogen) atoms. The Labute approximate surface area is 220 Å². The third-order valence-corrected chi connectivity index (χ3v) is 9.96. The van der Waals surface area contributed by atoms with Gasteiger partial charge in [0.1, 0.15) is 27.3 Å². The summed E-state index contributed by atoms with van der Waals surface area (Å²) in [5.74, 6) is -2.35. The van der Waals surface area contributed by atoms with Gasteiger partial charge in [0.2, 0.25) is 0 Å². The molecule has 0 N–H and O–H groups in total. The number of unbranched alkanes of at least 4 members (excludes halogenated alkanes) is 1. The Morgan fingerprint density at radius 2 is 1.49 bits per heavy atom. The molecule has 5 nitrogen and oxygen atoms in total. The van der Waals surface area contributed by atoms with E-state index in [0.29, 0.717) is 29.0 Å². The first-order chi connectivity index (χ1) is 17.4. The van der Waals surface area contributed by atoms with Crippen LogP contribution < -0.4 is 4.31 Å². The number of rotatable bonds is 11.